The van der Waals surface area contributed by atoms with E-state index in [2.05, 4.69) is 11.0 Å². The van der Waals surface area contributed by atoms with E-state index in [1.54, 1.807) is 0 Å². The fourth-order valence-electron chi connectivity index (χ4n) is 1.66. The molecule has 0 spiro atoms. The predicted octanol–water partition coefficient (Wildman–Crippen LogP) is 1.82. The SMILES string of the molecule is Cc1ccc(CN2CC(O)C2)cc1Cl. The molecule has 0 unspecified atom stereocenters. The summed E-state index contributed by atoms with van der Waals surface area (Å²) in [6.45, 7) is 4.45. The topological polar surface area (TPSA) is 23.5 Å². The van der Waals surface area contributed by atoms with E-state index in [1.807, 2.05) is 19.1 Å². The highest BCUT2D eigenvalue weighted by Crippen LogP contribution is 2.19. The lowest BCUT2D eigenvalue weighted by atomic mass is 10.1. The van der Waals surface area contributed by atoms with Crippen molar-refractivity contribution in [3.8, 4) is 0 Å². The quantitative estimate of drug-likeness (QED) is 0.807. The van der Waals surface area contributed by atoms with E-state index in [-0.39, 0.29) is 6.10 Å². The number of hydrogen-bond donors (Lipinski definition) is 1. The molecule has 0 aliphatic carbocycles. The van der Waals surface area contributed by atoms with Crippen molar-refractivity contribution in [2.24, 2.45) is 0 Å². The molecule has 1 heterocycles. The van der Waals surface area contributed by atoms with Crippen LogP contribution in [0.25, 0.3) is 0 Å². The Morgan fingerprint density at radius 1 is 1.50 bits per heavy atom. The van der Waals surface area contributed by atoms with Gasteiger partial charge in [0.25, 0.3) is 0 Å². The molecule has 3 heteroatoms. The number of halogens is 1. The van der Waals surface area contributed by atoms with Crippen LogP contribution in [0.4, 0.5) is 0 Å². The lowest BCUT2D eigenvalue weighted by Gasteiger charge is -2.35. The fraction of sp³-hybridized carbons (Fsp3) is 0.455. The number of β-amino-alcohol motifs (C(OH)–C–C–N with tert-alkyl or cyclic N) is 1. The molecule has 76 valence electrons. The standard InChI is InChI=1S/C11H14ClNO/c1-8-2-3-9(4-11(8)12)5-13-6-10(14)7-13/h2-4,10,14H,5-7H2,1H3. The maximum Gasteiger partial charge on any atom is 0.0794 e. The van der Waals surface area contributed by atoms with Crippen molar-refractivity contribution in [1.82, 2.24) is 4.90 Å². The molecule has 1 aromatic rings. The Hall–Kier alpha value is -0.570. The van der Waals surface area contributed by atoms with E-state index >= 15 is 0 Å². The molecule has 0 radical (unpaired) electrons. The van der Waals surface area contributed by atoms with Gasteiger partial charge in [0, 0.05) is 24.7 Å². The van der Waals surface area contributed by atoms with Crippen LogP contribution < -0.4 is 0 Å². The number of aliphatic hydroxyl groups is 1. The lowest BCUT2D eigenvalue weighted by molar-refractivity contribution is -0.00286. The molecule has 1 aromatic carbocycles. The monoisotopic (exact) mass is 211 g/mol. The first-order valence-electron chi connectivity index (χ1n) is 4.80. The highest BCUT2D eigenvalue weighted by atomic mass is 35.5. The summed E-state index contributed by atoms with van der Waals surface area (Å²) < 4.78 is 0. The van der Waals surface area contributed by atoms with Gasteiger partial charge in [0.15, 0.2) is 0 Å². The summed E-state index contributed by atoms with van der Waals surface area (Å²) in [5, 5.41) is 9.95. The van der Waals surface area contributed by atoms with Gasteiger partial charge in [-0.25, -0.2) is 0 Å². The third kappa shape index (κ3) is 2.08. The average molecular weight is 212 g/mol. The van der Waals surface area contributed by atoms with Crippen molar-refractivity contribution in [1.29, 1.82) is 0 Å². The van der Waals surface area contributed by atoms with Gasteiger partial charge in [-0.2, -0.15) is 0 Å². The smallest absolute Gasteiger partial charge is 0.0794 e. The van der Waals surface area contributed by atoms with Crippen LogP contribution >= 0.6 is 11.6 Å². The minimum absolute atomic E-state index is 0.129. The molecular formula is C11H14ClNO. The second-order valence-corrected chi connectivity index (χ2v) is 4.34. The maximum atomic E-state index is 9.13. The van der Waals surface area contributed by atoms with E-state index in [9.17, 15) is 0 Å². The number of likely N-dealkylation sites (tertiary alicyclic amines) is 1. The zero-order valence-electron chi connectivity index (χ0n) is 8.20. The normalized spacial score (nSPS) is 18.2. The van der Waals surface area contributed by atoms with Crippen LogP contribution in [-0.4, -0.2) is 29.2 Å². The lowest BCUT2D eigenvalue weighted by Crippen LogP contribution is -2.49. The van der Waals surface area contributed by atoms with Crippen molar-refractivity contribution in [3.05, 3.63) is 34.3 Å². The molecule has 0 saturated carbocycles. The van der Waals surface area contributed by atoms with Crippen LogP contribution in [0.2, 0.25) is 5.02 Å². The van der Waals surface area contributed by atoms with Crippen molar-refractivity contribution in [2.45, 2.75) is 19.6 Å². The van der Waals surface area contributed by atoms with E-state index in [4.69, 9.17) is 16.7 Å². The third-order valence-corrected chi connectivity index (χ3v) is 2.99. The Balaban J connectivity index is 2.00. The average Bonchev–Trinajstić information content (AvgIpc) is 2.09. The second kappa shape index (κ2) is 3.89. The Labute approximate surface area is 89.1 Å². The van der Waals surface area contributed by atoms with E-state index < -0.39 is 0 Å². The van der Waals surface area contributed by atoms with Gasteiger partial charge in [-0.3, -0.25) is 4.90 Å². The van der Waals surface area contributed by atoms with Crippen LogP contribution in [0.15, 0.2) is 18.2 Å². The summed E-state index contributed by atoms with van der Waals surface area (Å²) >= 11 is 6.02. The minimum atomic E-state index is -0.129. The van der Waals surface area contributed by atoms with Crippen molar-refractivity contribution >= 4 is 11.6 Å². The maximum absolute atomic E-state index is 9.13. The zero-order chi connectivity index (χ0) is 10.1. The molecule has 14 heavy (non-hydrogen) atoms. The predicted molar refractivity (Wildman–Crippen MR) is 57.5 cm³/mol. The van der Waals surface area contributed by atoms with Crippen LogP contribution in [0.3, 0.4) is 0 Å². The first kappa shape index (κ1) is 9.97. The van der Waals surface area contributed by atoms with Crippen LogP contribution in [-0.2, 0) is 6.54 Å². The Morgan fingerprint density at radius 3 is 2.79 bits per heavy atom. The number of aliphatic hydroxyl groups excluding tert-OH is 1. The van der Waals surface area contributed by atoms with E-state index in [1.165, 1.54) is 5.56 Å². The highest BCUT2D eigenvalue weighted by molar-refractivity contribution is 6.31. The van der Waals surface area contributed by atoms with Crippen molar-refractivity contribution in [2.75, 3.05) is 13.1 Å². The summed E-state index contributed by atoms with van der Waals surface area (Å²) in [4.78, 5) is 2.20. The molecule has 1 aliphatic heterocycles. The highest BCUT2D eigenvalue weighted by Gasteiger charge is 2.23. The number of rotatable bonds is 2. The molecule has 0 bridgehead atoms. The first-order valence-corrected chi connectivity index (χ1v) is 5.18. The summed E-state index contributed by atoms with van der Waals surface area (Å²) in [5.74, 6) is 0. The zero-order valence-corrected chi connectivity index (χ0v) is 8.96. The van der Waals surface area contributed by atoms with Gasteiger partial charge >= 0.3 is 0 Å². The number of aryl methyl sites for hydroxylation is 1. The summed E-state index contributed by atoms with van der Waals surface area (Å²) in [6.07, 6.45) is -0.129. The number of benzene rings is 1. The summed E-state index contributed by atoms with van der Waals surface area (Å²) in [7, 11) is 0. The second-order valence-electron chi connectivity index (χ2n) is 3.93. The molecule has 1 saturated heterocycles. The largest absolute Gasteiger partial charge is 0.390 e. The first-order chi connectivity index (χ1) is 6.65. The number of nitrogens with zero attached hydrogens (tertiary/aromatic N) is 1. The Bertz CT molecular complexity index is 334. The minimum Gasteiger partial charge on any atom is -0.390 e. The van der Waals surface area contributed by atoms with Crippen LogP contribution in [0, 0.1) is 6.92 Å². The number of hydrogen-bond acceptors (Lipinski definition) is 2. The van der Waals surface area contributed by atoms with Crippen LogP contribution in [0.1, 0.15) is 11.1 Å². The molecule has 1 fully saturated rings. The third-order valence-electron chi connectivity index (χ3n) is 2.58. The van der Waals surface area contributed by atoms with Crippen molar-refractivity contribution in [3.63, 3.8) is 0 Å². The van der Waals surface area contributed by atoms with E-state index in [0.29, 0.717) is 0 Å². The Kier molecular flexibility index (Phi) is 2.77. The molecule has 2 nitrogen and oxygen atoms in total. The van der Waals surface area contributed by atoms with Crippen molar-refractivity contribution < 1.29 is 5.11 Å². The molecule has 1 aliphatic rings. The molecule has 0 atom stereocenters. The fourth-order valence-corrected chi connectivity index (χ4v) is 1.87. The van der Waals surface area contributed by atoms with Gasteiger partial charge in [-0.1, -0.05) is 23.7 Å². The molecular weight excluding hydrogens is 198 g/mol. The summed E-state index contributed by atoms with van der Waals surface area (Å²) in [6, 6.07) is 6.13. The molecule has 2 rings (SSSR count). The molecule has 0 amide bonds. The van der Waals surface area contributed by atoms with Gasteiger partial charge < -0.3 is 5.11 Å². The van der Waals surface area contributed by atoms with Gasteiger partial charge in [0.1, 0.15) is 0 Å². The van der Waals surface area contributed by atoms with Gasteiger partial charge in [-0.05, 0) is 24.1 Å². The summed E-state index contributed by atoms with van der Waals surface area (Å²) in [5.41, 5.74) is 2.33. The van der Waals surface area contributed by atoms with Crippen LogP contribution in [0.5, 0.6) is 0 Å². The van der Waals surface area contributed by atoms with E-state index in [0.717, 1.165) is 30.2 Å². The van der Waals surface area contributed by atoms with Gasteiger partial charge in [-0.15, -0.1) is 0 Å². The molecule has 0 aromatic heterocycles. The van der Waals surface area contributed by atoms with Gasteiger partial charge in [0.05, 0.1) is 6.10 Å². The molecule has 1 N–H and O–H groups in total. The Morgan fingerprint density at radius 2 is 2.21 bits per heavy atom. The van der Waals surface area contributed by atoms with Gasteiger partial charge in [0.2, 0.25) is 0 Å².